The van der Waals surface area contributed by atoms with Crippen molar-refractivity contribution in [2.75, 3.05) is 33.2 Å². The minimum Gasteiger partial charge on any atom is -0.304 e. The number of hydrogen-bond acceptors (Lipinski definition) is 2. The van der Waals surface area contributed by atoms with Crippen molar-refractivity contribution in [2.45, 2.75) is 0 Å². The Morgan fingerprint density at radius 1 is 1.12 bits per heavy atom. The molecular weight excluding hydrogens is 119 g/mol. The first-order valence-corrected chi connectivity index (χ1v) is 3.66. The highest BCUT2D eigenvalue weighted by Crippen LogP contribution is 2.02. The van der Waals surface area contributed by atoms with Crippen molar-refractivity contribution >= 4 is 9.39 Å². The maximum atomic E-state index is 2.39. The summed E-state index contributed by atoms with van der Waals surface area (Å²) in [7, 11) is 4.17. The fraction of sp³-hybridized carbons (Fsp3) is 1.00. The molecule has 1 heterocycles. The van der Waals surface area contributed by atoms with Gasteiger partial charge in [-0.25, -0.2) is 0 Å². The first-order valence-electron chi connectivity index (χ1n) is 3.03. The van der Waals surface area contributed by atoms with Gasteiger partial charge in [-0.3, -0.25) is 0 Å². The molecule has 1 fully saturated rings. The summed E-state index contributed by atoms with van der Waals surface area (Å²) < 4.78 is 2.39. The summed E-state index contributed by atoms with van der Waals surface area (Å²) in [5.74, 6) is 0. The number of hydrogen-bond donors (Lipinski definition) is 0. The molecular formula is C5H14N2P+. The molecule has 0 aromatic carbocycles. The van der Waals surface area contributed by atoms with Crippen molar-refractivity contribution in [3.8, 4) is 0 Å². The first-order chi connectivity index (χ1) is 3.79. The Labute approximate surface area is 53.1 Å². The first kappa shape index (κ1) is 6.47. The summed E-state index contributed by atoms with van der Waals surface area (Å²) in [6.45, 7) is 4.97. The second-order valence-corrected chi connectivity index (χ2v) is 3.32. The number of piperazine rings is 1. The molecule has 0 amide bonds. The Bertz CT molecular complexity index is 58.8. The van der Waals surface area contributed by atoms with Crippen LogP contribution in [0.2, 0.25) is 0 Å². The average Bonchev–Trinajstić information content (AvgIpc) is 1.77. The van der Waals surface area contributed by atoms with Gasteiger partial charge in [-0.05, 0) is 7.05 Å². The molecule has 0 N–H and O–H groups in total. The number of likely N-dealkylation sites (N-methyl/N-ethyl adjacent to an activating group) is 1. The van der Waals surface area contributed by atoms with Crippen molar-refractivity contribution < 1.29 is 0 Å². The molecule has 0 spiro atoms. The Morgan fingerprint density at radius 3 is 2.00 bits per heavy atom. The van der Waals surface area contributed by atoms with Crippen LogP contribution in [0.1, 0.15) is 0 Å². The number of rotatable bonds is 0. The van der Waals surface area contributed by atoms with Crippen LogP contribution in [0.3, 0.4) is 0 Å². The van der Waals surface area contributed by atoms with Crippen LogP contribution in [0.25, 0.3) is 0 Å². The Kier molecular flexibility index (Phi) is 2.24. The summed E-state index contributed by atoms with van der Waals surface area (Å²) in [4.78, 5) is 2.37. The van der Waals surface area contributed by atoms with Crippen LogP contribution in [-0.2, 0) is 0 Å². The SMILES string of the molecule is CN1CCN([PH3+])CC1. The lowest BCUT2D eigenvalue weighted by Crippen LogP contribution is -2.39. The van der Waals surface area contributed by atoms with E-state index < -0.39 is 0 Å². The summed E-state index contributed by atoms with van der Waals surface area (Å²) in [6.07, 6.45) is 0. The van der Waals surface area contributed by atoms with Gasteiger partial charge in [0, 0.05) is 35.6 Å². The van der Waals surface area contributed by atoms with Crippen LogP contribution in [0, 0.1) is 0 Å². The van der Waals surface area contributed by atoms with Gasteiger partial charge in [-0.1, -0.05) is 0 Å². The molecule has 3 heteroatoms. The molecule has 1 saturated heterocycles. The smallest absolute Gasteiger partial charge is 0.0453 e. The highest BCUT2D eigenvalue weighted by Gasteiger charge is 2.11. The molecule has 0 aliphatic carbocycles. The lowest BCUT2D eigenvalue weighted by molar-refractivity contribution is 0.233. The highest BCUT2D eigenvalue weighted by molar-refractivity contribution is 7.13. The highest BCUT2D eigenvalue weighted by atomic mass is 31.0. The average molecular weight is 133 g/mol. The van der Waals surface area contributed by atoms with E-state index in [9.17, 15) is 0 Å². The topological polar surface area (TPSA) is 6.48 Å². The van der Waals surface area contributed by atoms with E-state index in [1.807, 2.05) is 9.39 Å². The molecule has 1 aliphatic heterocycles. The van der Waals surface area contributed by atoms with Crippen LogP contribution < -0.4 is 0 Å². The minimum atomic E-state index is 1.24. The Morgan fingerprint density at radius 2 is 1.62 bits per heavy atom. The van der Waals surface area contributed by atoms with Crippen LogP contribution in [0.15, 0.2) is 0 Å². The van der Waals surface area contributed by atoms with Gasteiger partial charge < -0.3 is 4.90 Å². The van der Waals surface area contributed by atoms with Crippen LogP contribution in [-0.4, -0.2) is 42.8 Å². The standard InChI is InChI=1S/C5H13N2P/c1-6-2-4-7(8)5-3-6/h2-5,8H2,1H3/p+1. The largest absolute Gasteiger partial charge is 0.304 e. The molecule has 1 rings (SSSR count). The third-order valence-corrected chi connectivity index (χ3v) is 2.23. The summed E-state index contributed by atoms with van der Waals surface area (Å²) in [5.41, 5.74) is 0. The van der Waals surface area contributed by atoms with Crippen molar-refractivity contribution in [3.05, 3.63) is 0 Å². The van der Waals surface area contributed by atoms with Gasteiger partial charge in [-0.2, -0.15) is 4.67 Å². The Hall–Kier alpha value is 0.350. The van der Waals surface area contributed by atoms with E-state index >= 15 is 0 Å². The van der Waals surface area contributed by atoms with Crippen molar-refractivity contribution in [1.82, 2.24) is 9.57 Å². The van der Waals surface area contributed by atoms with E-state index in [1.54, 1.807) is 0 Å². The molecule has 0 radical (unpaired) electrons. The molecule has 0 bridgehead atoms. The second kappa shape index (κ2) is 2.77. The molecule has 8 heavy (non-hydrogen) atoms. The van der Waals surface area contributed by atoms with Crippen LogP contribution in [0.4, 0.5) is 0 Å². The lowest BCUT2D eigenvalue weighted by atomic mass is 10.4. The third-order valence-electron chi connectivity index (χ3n) is 1.60. The van der Waals surface area contributed by atoms with E-state index in [4.69, 9.17) is 0 Å². The van der Waals surface area contributed by atoms with Crippen LogP contribution >= 0.6 is 9.39 Å². The summed E-state index contributed by atoms with van der Waals surface area (Å²) in [6, 6.07) is 0. The van der Waals surface area contributed by atoms with Gasteiger partial charge in [0.25, 0.3) is 0 Å². The summed E-state index contributed by atoms with van der Waals surface area (Å²) in [5, 5.41) is 0. The summed E-state index contributed by atoms with van der Waals surface area (Å²) >= 11 is 0. The zero-order valence-corrected chi connectivity index (χ0v) is 6.84. The van der Waals surface area contributed by atoms with Gasteiger partial charge in [0.2, 0.25) is 0 Å². The predicted molar refractivity (Wildman–Crippen MR) is 40.2 cm³/mol. The Balaban J connectivity index is 2.19. The molecule has 1 unspecified atom stereocenters. The maximum absolute atomic E-state index is 2.39. The van der Waals surface area contributed by atoms with Gasteiger partial charge in [0.1, 0.15) is 0 Å². The normalized spacial score (nSPS) is 26.6. The van der Waals surface area contributed by atoms with Gasteiger partial charge in [0.15, 0.2) is 0 Å². The monoisotopic (exact) mass is 133 g/mol. The van der Waals surface area contributed by atoms with E-state index in [0.29, 0.717) is 0 Å². The lowest BCUT2D eigenvalue weighted by Gasteiger charge is -2.25. The quantitative estimate of drug-likeness (QED) is 0.421. The zero-order valence-electron chi connectivity index (χ0n) is 5.43. The molecule has 1 atom stereocenters. The van der Waals surface area contributed by atoms with Crippen molar-refractivity contribution in [2.24, 2.45) is 0 Å². The maximum Gasteiger partial charge on any atom is 0.0453 e. The van der Waals surface area contributed by atoms with E-state index in [2.05, 4.69) is 16.6 Å². The van der Waals surface area contributed by atoms with Gasteiger partial charge in [-0.15, -0.1) is 0 Å². The second-order valence-electron chi connectivity index (χ2n) is 2.42. The third kappa shape index (κ3) is 1.70. The minimum absolute atomic E-state index is 1.24. The number of nitrogens with zero attached hydrogens (tertiary/aromatic N) is 2. The zero-order chi connectivity index (χ0) is 5.98. The molecule has 2 nitrogen and oxygen atoms in total. The molecule has 0 aromatic rings. The fourth-order valence-electron chi connectivity index (χ4n) is 0.848. The molecule has 1 aliphatic rings. The van der Waals surface area contributed by atoms with E-state index in [1.165, 1.54) is 26.2 Å². The molecule has 48 valence electrons. The molecule has 0 saturated carbocycles. The fourth-order valence-corrected chi connectivity index (χ4v) is 1.13. The van der Waals surface area contributed by atoms with Crippen LogP contribution in [0.5, 0.6) is 0 Å². The van der Waals surface area contributed by atoms with E-state index in [-0.39, 0.29) is 0 Å². The van der Waals surface area contributed by atoms with E-state index in [0.717, 1.165) is 0 Å². The van der Waals surface area contributed by atoms with Crippen molar-refractivity contribution in [3.63, 3.8) is 0 Å². The van der Waals surface area contributed by atoms with Crippen molar-refractivity contribution in [1.29, 1.82) is 0 Å². The molecule has 0 aromatic heterocycles. The van der Waals surface area contributed by atoms with Gasteiger partial charge in [0.05, 0.1) is 0 Å². The van der Waals surface area contributed by atoms with Gasteiger partial charge >= 0.3 is 0 Å². The predicted octanol–water partition coefficient (Wildman–Crippen LogP) is -0.244.